The first-order valence-electron chi connectivity index (χ1n) is 8.61. The fourth-order valence-electron chi connectivity index (χ4n) is 3.27. The number of nitrogens with one attached hydrogen (secondary N) is 1. The molecule has 2 aromatic rings. The molecule has 1 aromatic carbocycles. The standard InChI is InChI=1S/C19H21NO6/c1-10-15(25-9-16(21)20-11(2)18(22)23)8-7-13-12-5-3-4-6-14(12)19(24)26-17(10)13/h7-8,11H,3-6,9H2,1-2H3,(H,20,21)(H,22,23)/t11-/m1/s1. The Kier molecular flexibility index (Phi) is 4.97. The predicted molar refractivity (Wildman–Crippen MR) is 94.6 cm³/mol. The van der Waals surface area contributed by atoms with Crippen molar-refractivity contribution in [2.75, 3.05) is 6.61 Å². The molecule has 1 amide bonds. The van der Waals surface area contributed by atoms with Gasteiger partial charge in [-0.1, -0.05) is 0 Å². The zero-order valence-corrected chi connectivity index (χ0v) is 14.8. The van der Waals surface area contributed by atoms with Gasteiger partial charge >= 0.3 is 11.6 Å². The summed E-state index contributed by atoms with van der Waals surface area (Å²) in [5, 5.41) is 12.0. The molecule has 0 bridgehead atoms. The largest absolute Gasteiger partial charge is 0.483 e. The van der Waals surface area contributed by atoms with Gasteiger partial charge in [0.05, 0.1) is 0 Å². The number of aliphatic carboxylic acids is 1. The average Bonchev–Trinajstić information content (AvgIpc) is 2.62. The number of hydrogen-bond acceptors (Lipinski definition) is 5. The van der Waals surface area contributed by atoms with Crippen LogP contribution in [0.5, 0.6) is 5.75 Å². The van der Waals surface area contributed by atoms with Crippen molar-refractivity contribution in [3.05, 3.63) is 39.2 Å². The maximum atomic E-state index is 12.3. The molecule has 1 atom stereocenters. The van der Waals surface area contributed by atoms with Gasteiger partial charge in [0.1, 0.15) is 17.4 Å². The summed E-state index contributed by atoms with van der Waals surface area (Å²) in [5.74, 6) is -1.23. The first-order chi connectivity index (χ1) is 12.4. The molecule has 1 aliphatic carbocycles. The zero-order chi connectivity index (χ0) is 18.8. The van der Waals surface area contributed by atoms with Crippen molar-refractivity contribution in [1.82, 2.24) is 5.32 Å². The van der Waals surface area contributed by atoms with Gasteiger partial charge < -0.3 is 19.6 Å². The Balaban J connectivity index is 1.85. The zero-order valence-electron chi connectivity index (χ0n) is 14.8. The summed E-state index contributed by atoms with van der Waals surface area (Å²) >= 11 is 0. The molecular formula is C19H21NO6. The van der Waals surface area contributed by atoms with Crippen LogP contribution in [0.25, 0.3) is 11.0 Å². The molecule has 1 aliphatic rings. The number of hydrogen-bond donors (Lipinski definition) is 2. The molecule has 1 heterocycles. The van der Waals surface area contributed by atoms with Crippen molar-refractivity contribution < 1.29 is 23.8 Å². The number of carbonyl (C=O) groups is 2. The smallest absolute Gasteiger partial charge is 0.339 e. The third-order valence-electron chi connectivity index (χ3n) is 4.70. The highest BCUT2D eigenvalue weighted by Gasteiger charge is 2.20. The number of amides is 1. The monoisotopic (exact) mass is 359 g/mol. The summed E-state index contributed by atoms with van der Waals surface area (Å²) in [6.07, 6.45) is 3.64. The molecule has 0 radical (unpaired) electrons. The van der Waals surface area contributed by atoms with Gasteiger partial charge in [-0.05, 0) is 57.2 Å². The number of carbonyl (C=O) groups excluding carboxylic acids is 1. The predicted octanol–water partition coefficient (Wildman–Crippen LogP) is 1.95. The van der Waals surface area contributed by atoms with Crippen molar-refractivity contribution in [2.45, 2.75) is 45.6 Å². The summed E-state index contributed by atoms with van der Waals surface area (Å²) in [6.45, 7) is 2.83. The lowest BCUT2D eigenvalue weighted by Gasteiger charge is -2.18. The van der Waals surface area contributed by atoms with E-state index in [1.54, 1.807) is 13.0 Å². The second-order valence-electron chi connectivity index (χ2n) is 6.54. The number of carboxylic acids is 1. The van der Waals surface area contributed by atoms with E-state index in [4.69, 9.17) is 14.3 Å². The highest BCUT2D eigenvalue weighted by molar-refractivity contribution is 5.87. The van der Waals surface area contributed by atoms with Crippen LogP contribution in [0.15, 0.2) is 21.3 Å². The lowest BCUT2D eigenvalue weighted by molar-refractivity contribution is -0.141. The second kappa shape index (κ2) is 7.19. The molecular weight excluding hydrogens is 338 g/mol. The molecule has 0 saturated heterocycles. The number of rotatable bonds is 5. The molecule has 0 saturated carbocycles. The van der Waals surface area contributed by atoms with E-state index in [0.29, 0.717) is 16.9 Å². The van der Waals surface area contributed by atoms with Gasteiger partial charge in [0.2, 0.25) is 0 Å². The maximum Gasteiger partial charge on any atom is 0.339 e. The highest BCUT2D eigenvalue weighted by atomic mass is 16.5. The molecule has 138 valence electrons. The molecule has 3 rings (SSSR count). The molecule has 0 unspecified atom stereocenters. The van der Waals surface area contributed by atoms with E-state index in [1.807, 2.05) is 6.07 Å². The van der Waals surface area contributed by atoms with Crippen molar-refractivity contribution in [3.63, 3.8) is 0 Å². The minimum absolute atomic E-state index is 0.305. The number of ether oxygens (including phenoxy) is 1. The van der Waals surface area contributed by atoms with E-state index in [1.165, 1.54) is 6.92 Å². The molecule has 0 fully saturated rings. The van der Waals surface area contributed by atoms with Gasteiger partial charge in [0.25, 0.3) is 5.91 Å². The van der Waals surface area contributed by atoms with Gasteiger partial charge in [0.15, 0.2) is 6.61 Å². The average molecular weight is 359 g/mol. The first kappa shape index (κ1) is 18.0. The highest BCUT2D eigenvalue weighted by Crippen LogP contribution is 2.32. The van der Waals surface area contributed by atoms with E-state index < -0.39 is 17.9 Å². The van der Waals surface area contributed by atoms with Crippen LogP contribution in [0.1, 0.15) is 36.5 Å². The Bertz CT molecular complexity index is 930. The van der Waals surface area contributed by atoms with Crippen LogP contribution in [-0.2, 0) is 22.4 Å². The van der Waals surface area contributed by atoms with E-state index in [9.17, 15) is 14.4 Å². The summed E-state index contributed by atoms with van der Waals surface area (Å²) < 4.78 is 11.0. The van der Waals surface area contributed by atoms with E-state index >= 15 is 0 Å². The number of carboxylic acid groups (broad SMARTS) is 1. The Labute approximate surface area is 150 Å². The van der Waals surface area contributed by atoms with Gasteiger partial charge in [0, 0.05) is 16.5 Å². The summed E-state index contributed by atoms with van der Waals surface area (Å²) in [7, 11) is 0. The van der Waals surface area contributed by atoms with Gasteiger partial charge in [-0.15, -0.1) is 0 Å². The SMILES string of the molecule is Cc1c(OCC(=O)N[C@H](C)C(=O)O)ccc2c3c(c(=O)oc12)CCCC3. The van der Waals surface area contributed by atoms with E-state index in [0.717, 1.165) is 42.2 Å². The van der Waals surface area contributed by atoms with Gasteiger partial charge in [-0.2, -0.15) is 0 Å². The minimum atomic E-state index is -1.12. The fraction of sp³-hybridized carbons (Fsp3) is 0.421. The van der Waals surface area contributed by atoms with Crippen LogP contribution < -0.4 is 15.7 Å². The van der Waals surface area contributed by atoms with Crippen LogP contribution in [-0.4, -0.2) is 29.6 Å². The lowest BCUT2D eigenvalue weighted by Crippen LogP contribution is -2.40. The molecule has 1 aromatic heterocycles. The number of aryl methyl sites for hydroxylation is 2. The normalized spacial score (nSPS) is 14.5. The first-order valence-corrected chi connectivity index (χ1v) is 8.61. The maximum absolute atomic E-state index is 12.3. The minimum Gasteiger partial charge on any atom is -0.483 e. The topological polar surface area (TPSA) is 106 Å². The van der Waals surface area contributed by atoms with Gasteiger partial charge in [-0.3, -0.25) is 9.59 Å². The third kappa shape index (κ3) is 3.42. The van der Waals surface area contributed by atoms with Crippen molar-refractivity contribution in [3.8, 4) is 5.75 Å². The summed E-state index contributed by atoms with van der Waals surface area (Å²) in [4.78, 5) is 34.8. The second-order valence-corrected chi connectivity index (χ2v) is 6.54. The number of benzene rings is 1. The Morgan fingerprint density at radius 2 is 1.96 bits per heavy atom. The number of fused-ring (bicyclic) bond motifs is 3. The molecule has 7 heteroatoms. The van der Waals surface area contributed by atoms with Crippen molar-refractivity contribution in [2.24, 2.45) is 0 Å². The van der Waals surface area contributed by atoms with Crippen LogP contribution in [0.2, 0.25) is 0 Å². The Morgan fingerprint density at radius 1 is 1.27 bits per heavy atom. The van der Waals surface area contributed by atoms with Crippen LogP contribution in [0.4, 0.5) is 0 Å². The molecule has 2 N–H and O–H groups in total. The summed E-state index contributed by atoms with van der Waals surface area (Å²) in [6, 6.07) is 2.61. The fourth-order valence-corrected chi connectivity index (χ4v) is 3.27. The molecule has 0 spiro atoms. The van der Waals surface area contributed by atoms with Crippen molar-refractivity contribution in [1.29, 1.82) is 0 Å². The van der Waals surface area contributed by atoms with Crippen molar-refractivity contribution >= 4 is 22.8 Å². The summed E-state index contributed by atoms with van der Waals surface area (Å²) in [5.41, 5.74) is 2.63. The Hall–Kier alpha value is -2.83. The molecule has 0 aliphatic heterocycles. The van der Waals surface area contributed by atoms with Crippen LogP contribution >= 0.6 is 0 Å². The third-order valence-corrected chi connectivity index (χ3v) is 4.70. The quantitative estimate of drug-likeness (QED) is 0.791. The van der Waals surface area contributed by atoms with Crippen LogP contribution in [0.3, 0.4) is 0 Å². The van der Waals surface area contributed by atoms with E-state index in [-0.39, 0.29) is 12.2 Å². The Morgan fingerprint density at radius 3 is 2.65 bits per heavy atom. The molecule has 7 nitrogen and oxygen atoms in total. The van der Waals surface area contributed by atoms with Gasteiger partial charge in [-0.25, -0.2) is 4.79 Å². The molecule has 26 heavy (non-hydrogen) atoms. The van der Waals surface area contributed by atoms with E-state index in [2.05, 4.69) is 5.32 Å². The lowest BCUT2D eigenvalue weighted by atomic mass is 9.90. The van der Waals surface area contributed by atoms with Crippen LogP contribution in [0, 0.1) is 6.92 Å².